The topological polar surface area (TPSA) is 194 Å². The van der Waals surface area contributed by atoms with E-state index in [1.807, 2.05) is 24.3 Å². The van der Waals surface area contributed by atoms with Crippen molar-refractivity contribution in [3.63, 3.8) is 0 Å². The number of aliphatic carboxylic acids is 2. The second-order valence-corrected chi connectivity index (χ2v) is 14.8. The Morgan fingerprint density at radius 2 is 1.35 bits per heavy atom. The summed E-state index contributed by atoms with van der Waals surface area (Å²) in [5, 5.41) is 55.5. The lowest BCUT2D eigenvalue weighted by Gasteiger charge is -2.18. The van der Waals surface area contributed by atoms with Gasteiger partial charge in [-0.15, -0.1) is 0 Å². The van der Waals surface area contributed by atoms with Crippen LogP contribution in [0.4, 0.5) is 0 Å². The predicted octanol–water partition coefficient (Wildman–Crippen LogP) is 7.07. The Balaban J connectivity index is 1.16. The number of pyridine rings is 1. The maximum atomic E-state index is 11.0. The summed E-state index contributed by atoms with van der Waals surface area (Å²) in [6, 6.07) is 34.5. The molecule has 2 atom stereocenters. The molecule has 12 heteroatoms. The van der Waals surface area contributed by atoms with Gasteiger partial charge in [0, 0.05) is 55.8 Å². The average molecular weight is 809 g/mol. The molecule has 308 valence electrons. The third-order valence-electron chi connectivity index (χ3n) is 10.3. The molecule has 0 unspecified atom stereocenters. The Kier molecular flexibility index (Phi) is 14.6. The van der Waals surface area contributed by atoms with Gasteiger partial charge in [-0.3, -0.25) is 14.6 Å². The number of carboxylic acids is 2. The zero-order valence-electron chi connectivity index (χ0n) is 33.5. The van der Waals surface area contributed by atoms with E-state index < -0.39 is 24.1 Å². The fourth-order valence-corrected chi connectivity index (χ4v) is 7.10. The van der Waals surface area contributed by atoms with Crippen molar-refractivity contribution in [2.24, 2.45) is 0 Å². The molecule has 0 saturated heterocycles. The number of hydrogen-bond donors (Lipinski definition) is 6. The van der Waals surface area contributed by atoms with Gasteiger partial charge in [0.1, 0.15) is 30.8 Å². The van der Waals surface area contributed by atoms with Crippen molar-refractivity contribution in [2.75, 3.05) is 13.1 Å². The fourth-order valence-electron chi connectivity index (χ4n) is 7.10. The first-order chi connectivity index (χ1) is 29.0. The van der Waals surface area contributed by atoms with Gasteiger partial charge >= 0.3 is 11.9 Å². The molecular weight excluding hydrogens is 761 g/mol. The van der Waals surface area contributed by atoms with Crippen LogP contribution in [0.1, 0.15) is 51.8 Å². The SMILES string of the molecule is Cc1c(COc2ccc(CNC[C@@H](O)CC(=O)O)c(OCc3cncc(C#N)c3)c2)cccc1-c1cccc(-c2ccc3cc(CNC[C@@H](O)CC(=O)O)ccc3c2)c1C. The highest BCUT2D eigenvalue weighted by Gasteiger charge is 2.15. The minimum atomic E-state index is -1.08. The Hall–Kier alpha value is -6.62. The standard InChI is InChI=1S/C48H48N4O8/c1-30-39(29-59-42-14-13-38(25-52-27-41(54)19-48(57)58)46(20-42)60-28-34-15-33(21-49)23-50-24-34)5-3-7-44(30)45-8-4-6-43(31(45)2)37-12-11-35-16-32(9-10-36(35)17-37)22-51-26-40(53)18-47(55)56/h3-17,20,23-24,40-41,51-54H,18-19,22,25-29H2,1-2H3,(H,55,56)(H,57,58)/t40-,41-/m0/s1. The summed E-state index contributed by atoms with van der Waals surface area (Å²) in [5.41, 5.74) is 10.7. The third-order valence-corrected chi connectivity index (χ3v) is 10.3. The van der Waals surface area contributed by atoms with E-state index in [-0.39, 0.29) is 32.5 Å². The highest BCUT2D eigenvalue weighted by Crippen LogP contribution is 2.36. The number of rotatable bonds is 20. The van der Waals surface area contributed by atoms with Crippen LogP contribution in [0.15, 0.2) is 109 Å². The van der Waals surface area contributed by atoms with Crippen LogP contribution in [-0.2, 0) is 35.9 Å². The van der Waals surface area contributed by atoms with Gasteiger partial charge in [-0.2, -0.15) is 5.26 Å². The number of fused-ring (bicyclic) bond motifs is 1. The van der Waals surface area contributed by atoms with Crippen LogP contribution in [-0.4, -0.2) is 62.6 Å². The molecule has 0 amide bonds. The Morgan fingerprint density at radius 1 is 0.683 bits per heavy atom. The average Bonchev–Trinajstić information content (AvgIpc) is 3.22. The van der Waals surface area contributed by atoms with Gasteiger partial charge in [-0.25, -0.2) is 0 Å². The maximum Gasteiger partial charge on any atom is 0.306 e. The van der Waals surface area contributed by atoms with Gasteiger partial charge in [0.15, 0.2) is 0 Å². The summed E-state index contributed by atoms with van der Waals surface area (Å²) < 4.78 is 12.6. The Bertz CT molecular complexity index is 2520. The molecule has 0 aliphatic rings. The van der Waals surface area contributed by atoms with Crippen molar-refractivity contribution < 1.29 is 39.5 Å². The molecule has 6 aromatic rings. The van der Waals surface area contributed by atoms with Gasteiger partial charge < -0.3 is 40.5 Å². The highest BCUT2D eigenvalue weighted by atomic mass is 16.5. The summed E-state index contributed by atoms with van der Waals surface area (Å²) in [6.07, 6.45) is 0.486. The van der Waals surface area contributed by atoms with Crippen LogP contribution in [0.25, 0.3) is 33.0 Å². The molecule has 1 heterocycles. The lowest BCUT2D eigenvalue weighted by atomic mass is 9.89. The van der Waals surface area contributed by atoms with Crippen molar-refractivity contribution in [3.8, 4) is 39.8 Å². The van der Waals surface area contributed by atoms with Gasteiger partial charge in [0.25, 0.3) is 0 Å². The van der Waals surface area contributed by atoms with Crippen molar-refractivity contribution in [2.45, 2.75) is 65.2 Å². The molecule has 0 saturated carbocycles. The lowest BCUT2D eigenvalue weighted by Crippen LogP contribution is -2.28. The quantitative estimate of drug-likeness (QED) is 0.0460. The van der Waals surface area contributed by atoms with E-state index in [2.05, 4.69) is 96.2 Å². The number of nitrogens with one attached hydrogen (secondary N) is 2. The van der Waals surface area contributed by atoms with Crippen molar-refractivity contribution in [1.82, 2.24) is 15.6 Å². The number of carboxylic acid groups (broad SMARTS) is 2. The van der Waals surface area contributed by atoms with Gasteiger partial charge in [-0.05, 0) is 93.4 Å². The highest BCUT2D eigenvalue weighted by molar-refractivity contribution is 5.89. The number of nitrogens with zero attached hydrogens (tertiary/aromatic N) is 2. The summed E-state index contributed by atoms with van der Waals surface area (Å²) in [4.78, 5) is 25.9. The zero-order valence-corrected chi connectivity index (χ0v) is 33.5. The number of aliphatic hydroxyl groups excluding tert-OH is 2. The van der Waals surface area contributed by atoms with Gasteiger partial charge in [-0.1, -0.05) is 66.7 Å². The van der Waals surface area contributed by atoms with Crippen LogP contribution in [0.3, 0.4) is 0 Å². The second kappa shape index (κ2) is 20.4. The maximum absolute atomic E-state index is 11.0. The molecule has 0 aliphatic carbocycles. The number of nitriles is 1. The van der Waals surface area contributed by atoms with Crippen LogP contribution in [0.2, 0.25) is 0 Å². The summed E-state index contributed by atoms with van der Waals surface area (Å²) >= 11 is 0. The van der Waals surface area contributed by atoms with E-state index in [4.69, 9.17) is 19.7 Å². The molecule has 0 radical (unpaired) electrons. The first kappa shape index (κ1) is 43.0. The third kappa shape index (κ3) is 11.5. The second-order valence-electron chi connectivity index (χ2n) is 14.8. The fraction of sp³-hybridized carbons (Fsp3) is 0.250. The summed E-state index contributed by atoms with van der Waals surface area (Å²) in [6.45, 7) is 5.81. The van der Waals surface area contributed by atoms with E-state index in [0.29, 0.717) is 36.8 Å². The first-order valence-electron chi connectivity index (χ1n) is 19.6. The van der Waals surface area contributed by atoms with Crippen molar-refractivity contribution in [1.29, 1.82) is 5.26 Å². The molecule has 6 rings (SSSR count). The predicted molar refractivity (Wildman–Crippen MR) is 228 cm³/mol. The van der Waals surface area contributed by atoms with Crippen molar-refractivity contribution in [3.05, 3.63) is 148 Å². The van der Waals surface area contributed by atoms with E-state index in [9.17, 15) is 25.1 Å². The van der Waals surface area contributed by atoms with E-state index >= 15 is 0 Å². The van der Waals surface area contributed by atoms with Crippen molar-refractivity contribution >= 4 is 22.7 Å². The molecule has 0 aliphatic heterocycles. The molecule has 0 spiro atoms. The Labute approximate surface area is 348 Å². The molecular formula is C48H48N4O8. The molecule has 1 aromatic heterocycles. The lowest BCUT2D eigenvalue weighted by molar-refractivity contribution is -0.140. The van der Waals surface area contributed by atoms with E-state index in [1.165, 1.54) is 6.20 Å². The number of benzene rings is 5. The van der Waals surface area contributed by atoms with Crippen LogP contribution in [0.5, 0.6) is 11.5 Å². The largest absolute Gasteiger partial charge is 0.489 e. The number of ether oxygens (including phenoxy) is 2. The van der Waals surface area contributed by atoms with E-state index in [0.717, 1.165) is 66.4 Å². The summed E-state index contributed by atoms with van der Waals surface area (Å²) in [7, 11) is 0. The first-order valence-corrected chi connectivity index (χ1v) is 19.6. The monoisotopic (exact) mass is 808 g/mol. The molecule has 0 bridgehead atoms. The van der Waals surface area contributed by atoms with Gasteiger partial charge in [0.2, 0.25) is 0 Å². The minimum Gasteiger partial charge on any atom is -0.489 e. The molecule has 60 heavy (non-hydrogen) atoms. The summed E-state index contributed by atoms with van der Waals surface area (Å²) in [5.74, 6) is -0.987. The normalized spacial score (nSPS) is 12.1. The van der Waals surface area contributed by atoms with Crippen LogP contribution < -0.4 is 20.1 Å². The molecule has 12 nitrogen and oxygen atoms in total. The van der Waals surface area contributed by atoms with E-state index in [1.54, 1.807) is 18.3 Å². The molecule has 6 N–H and O–H groups in total. The number of carbonyl (C=O) groups is 2. The number of hydrogen-bond acceptors (Lipinski definition) is 10. The number of aromatic nitrogens is 1. The minimum absolute atomic E-state index is 0.0890. The van der Waals surface area contributed by atoms with Crippen LogP contribution in [0, 0.1) is 25.2 Å². The van der Waals surface area contributed by atoms with Gasteiger partial charge in [0.05, 0.1) is 30.6 Å². The molecule has 5 aromatic carbocycles. The van der Waals surface area contributed by atoms with Crippen LogP contribution >= 0.6 is 0 Å². The molecule has 0 fully saturated rings. The smallest absolute Gasteiger partial charge is 0.306 e. The Morgan fingerprint density at radius 3 is 2.08 bits per heavy atom. The zero-order chi connectivity index (χ0) is 42.6. The number of aliphatic hydroxyl groups is 2.